The smallest absolute Gasteiger partial charge is 0.307 e. The van der Waals surface area contributed by atoms with Crippen molar-refractivity contribution < 1.29 is 14.3 Å². The summed E-state index contributed by atoms with van der Waals surface area (Å²) >= 11 is 0. The van der Waals surface area contributed by atoms with Crippen LogP contribution in [0.1, 0.15) is 38.7 Å². The van der Waals surface area contributed by atoms with Crippen molar-refractivity contribution in [2.45, 2.75) is 39.5 Å². The Morgan fingerprint density at radius 3 is 2.27 bits per heavy atom. The molecule has 0 aromatic heterocycles. The number of rotatable bonds is 9. The Morgan fingerprint density at radius 2 is 1.73 bits per heavy atom. The second kappa shape index (κ2) is 9.98. The van der Waals surface area contributed by atoms with Crippen LogP contribution in [0, 0.1) is 5.92 Å². The van der Waals surface area contributed by atoms with Crippen molar-refractivity contribution in [3.05, 3.63) is 35.9 Å². The van der Waals surface area contributed by atoms with Gasteiger partial charge in [-0.3, -0.25) is 9.59 Å². The van der Waals surface area contributed by atoms with E-state index in [0.29, 0.717) is 13.1 Å². The summed E-state index contributed by atoms with van der Waals surface area (Å²) in [6.45, 7) is 5.12. The summed E-state index contributed by atoms with van der Waals surface area (Å²) < 4.78 is 4.68. The molecule has 0 heterocycles. The first-order chi connectivity index (χ1) is 10.6. The largest absolute Gasteiger partial charge is 0.469 e. The Kier molecular flexibility index (Phi) is 8.26. The van der Waals surface area contributed by atoms with Crippen LogP contribution in [-0.2, 0) is 20.7 Å². The molecule has 0 radical (unpaired) electrons. The molecule has 0 bridgehead atoms. The number of esters is 1. The number of ether oxygens (including phenoxy) is 1. The van der Waals surface area contributed by atoms with Crippen molar-refractivity contribution in [2.75, 3.05) is 20.2 Å². The van der Waals surface area contributed by atoms with E-state index in [1.54, 1.807) is 0 Å². The molecule has 0 fully saturated rings. The second-order valence-corrected chi connectivity index (χ2v) is 5.40. The number of hydrogen-bond acceptors (Lipinski definition) is 3. The average molecular weight is 305 g/mol. The van der Waals surface area contributed by atoms with E-state index in [2.05, 4.69) is 16.9 Å². The van der Waals surface area contributed by atoms with E-state index in [1.807, 2.05) is 36.9 Å². The van der Waals surface area contributed by atoms with Gasteiger partial charge in [-0.05, 0) is 24.8 Å². The van der Waals surface area contributed by atoms with Gasteiger partial charge in [0.25, 0.3) is 0 Å². The lowest BCUT2D eigenvalue weighted by Gasteiger charge is -2.26. The highest BCUT2D eigenvalue weighted by Gasteiger charge is 2.22. The molecule has 0 aliphatic carbocycles. The minimum Gasteiger partial charge on any atom is -0.469 e. The maximum absolute atomic E-state index is 12.6. The normalized spacial score (nSPS) is 10.5. The molecule has 0 N–H and O–H groups in total. The summed E-state index contributed by atoms with van der Waals surface area (Å²) in [6.07, 6.45) is 2.70. The zero-order valence-corrected chi connectivity index (χ0v) is 13.9. The van der Waals surface area contributed by atoms with Crippen LogP contribution in [0.5, 0.6) is 0 Å². The van der Waals surface area contributed by atoms with E-state index >= 15 is 0 Å². The predicted molar refractivity (Wildman–Crippen MR) is 87.4 cm³/mol. The van der Waals surface area contributed by atoms with Gasteiger partial charge in [-0.25, -0.2) is 0 Å². The van der Waals surface area contributed by atoms with Gasteiger partial charge in [0.05, 0.1) is 13.5 Å². The van der Waals surface area contributed by atoms with Gasteiger partial charge < -0.3 is 9.64 Å². The molecule has 22 heavy (non-hydrogen) atoms. The van der Waals surface area contributed by atoms with E-state index in [4.69, 9.17) is 0 Å². The lowest BCUT2D eigenvalue weighted by Crippen LogP contribution is -2.38. The highest BCUT2D eigenvalue weighted by Crippen LogP contribution is 2.13. The van der Waals surface area contributed by atoms with E-state index in [-0.39, 0.29) is 24.2 Å². The number of amides is 1. The zero-order valence-electron chi connectivity index (χ0n) is 13.9. The molecular weight excluding hydrogens is 278 g/mol. The third kappa shape index (κ3) is 5.88. The molecule has 4 nitrogen and oxygen atoms in total. The van der Waals surface area contributed by atoms with Gasteiger partial charge in [-0.15, -0.1) is 0 Å². The van der Waals surface area contributed by atoms with Crippen LogP contribution in [0.2, 0.25) is 0 Å². The van der Waals surface area contributed by atoms with Gasteiger partial charge in [-0.1, -0.05) is 44.2 Å². The Labute approximate surface area is 133 Å². The molecule has 0 saturated heterocycles. The van der Waals surface area contributed by atoms with Gasteiger partial charge in [-0.2, -0.15) is 0 Å². The lowest BCUT2D eigenvalue weighted by molar-refractivity contribution is -0.142. The zero-order chi connectivity index (χ0) is 16.4. The van der Waals surface area contributed by atoms with Crippen LogP contribution in [0.25, 0.3) is 0 Å². The van der Waals surface area contributed by atoms with Gasteiger partial charge in [0.1, 0.15) is 0 Å². The van der Waals surface area contributed by atoms with Crippen molar-refractivity contribution in [3.8, 4) is 0 Å². The quantitative estimate of drug-likeness (QED) is 0.659. The fourth-order valence-corrected chi connectivity index (χ4v) is 2.47. The average Bonchev–Trinajstić information content (AvgIpc) is 2.56. The summed E-state index contributed by atoms with van der Waals surface area (Å²) in [5.74, 6) is -0.0969. The predicted octanol–water partition coefficient (Wildman–Crippen LogP) is 3.06. The molecule has 1 amide bonds. The summed E-state index contributed by atoms with van der Waals surface area (Å²) in [6, 6.07) is 10.1. The van der Waals surface area contributed by atoms with Crippen molar-refractivity contribution >= 4 is 11.9 Å². The summed E-state index contributed by atoms with van der Waals surface area (Å²) in [5.41, 5.74) is 1.20. The van der Waals surface area contributed by atoms with Crippen LogP contribution in [0.4, 0.5) is 0 Å². The van der Waals surface area contributed by atoms with Crippen LogP contribution >= 0.6 is 0 Å². The first-order valence-corrected chi connectivity index (χ1v) is 8.01. The molecule has 0 unspecified atom stereocenters. The minimum atomic E-state index is -0.276. The molecule has 0 spiro atoms. The Balaban J connectivity index is 2.68. The van der Waals surface area contributed by atoms with E-state index in [9.17, 15) is 9.59 Å². The first-order valence-electron chi connectivity index (χ1n) is 8.01. The molecule has 0 aliphatic heterocycles. The van der Waals surface area contributed by atoms with E-state index in [0.717, 1.165) is 19.3 Å². The monoisotopic (exact) mass is 305 g/mol. The summed E-state index contributed by atoms with van der Waals surface area (Å²) in [5, 5.41) is 0. The fraction of sp³-hybridized carbons (Fsp3) is 0.556. The highest BCUT2D eigenvalue weighted by atomic mass is 16.5. The van der Waals surface area contributed by atoms with Crippen LogP contribution in [0.15, 0.2) is 30.3 Å². The molecule has 0 aliphatic rings. The van der Waals surface area contributed by atoms with Crippen LogP contribution in [-0.4, -0.2) is 37.0 Å². The lowest BCUT2D eigenvalue weighted by atomic mass is 10.0. The van der Waals surface area contributed by atoms with Crippen LogP contribution < -0.4 is 0 Å². The molecule has 0 atom stereocenters. The number of methoxy groups -OCH3 is 1. The van der Waals surface area contributed by atoms with Gasteiger partial charge in [0, 0.05) is 19.0 Å². The minimum absolute atomic E-state index is 0.0356. The summed E-state index contributed by atoms with van der Waals surface area (Å²) in [4.78, 5) is 25.8. The molecule has 1 rings (SSSR count). The second-order valence-electron chi connectivity index (χ2n) is 5.40. The maximum atomic E-state index is 12.6. The van der Waals surface area contributed by atoms with Gasteiger partial charge in [0.2, 0.25) is 5.91 Å². The van der Waals surface area contributed by atoms with Crippen molar-refractivity contribution in [1.29, 1.82) is 0 Å². The Morgan fingerprint density at radius 1 is 1.09 bits per heavy atom. The maximum Gasteiger partial charge on any atom is 0.307 e. The third-order valence-corrected chi connectivity index (χ3v) is 3.97. The van der Waals surface area contributed by atoms with Crippen molar-refractivity contribution in [1.82, 2.24) is 4.90 Å². The SMILES string of the molecule is CCC(CC)C(=O)N(CCC(=O)OC)CCc1ccccc1. The van der Waals surface area contributed by atoms with Crippen molar-refractivity contribution in [3.63, 3.8) is 0 Å². The van der Waals surface area contributed by atoms with E-state index in [1.165, 1.54) is 12.7 Å². The third-order valence-electron chi connectivity index (χ3n) is 3.97. The van der Waals surface area contributed by atoms with Gasteiger partial charge in [0.15, 0.2) is 0 Å². The highest BCUT2D eigenvalue weighted by molar-refractivity contribution is 5.79. The summed E-state index contributed by atoms with van der Waals surface area (Å²) in [7, 11) is 1.37. The molecule has 1 aromatic rings. The molecule has 0 saturated carbocycles. The van der Waals surface area contributed by atoms with Gasteiger partial charge >= 0.3 is 5.97 Å². The first kappa shape index (κ1) is 18.2. The molecule has 122 valence electrons. The standard InChI is InChI=1S/C18H27NO3/c1-4-16(5-2)18(21)19(14-12-17(20)22-3)13-11-15-9-7-6-8-10-15/h6-10,16H,4-5,11-14H2,1-3H3. The number of benzene rings is 1. The number of hydrogen-bond donors (Lipinski definition) is 0. The Hall–Kier alpha value is -1.84. The van der Waals surface area contributed by atoms with Crippen molar-refractivity contribution in [2.24, 2.45) is 5.92 Å². The molecular formula is C18H27NO3. The van der Waals surface area contributed by atoms with E-state index < -0.39 is 0 Å². The number of nitrogens with zero attached hydrogens (tertiary/aromatic N) is 1. The molecule has 1 aromatic carbocycles. The Bertz CT molecular complexity index is 455. The molecule has 4 heteroatoms. The fourth-order valence-electron chi connectivity index (χ4n) is 2.47. The van der Waals surface area contributed by atoms with Crippen LogP contribution in [0.3, 0.4) is 0 Å². The topological polar surface area (TPSA) is 46.6 Å². The number of carbonyl (C=O) groups excluding carboxylic acids is 2. The number of carbonyl (C=O) groups is 2.